The van der Waals surface area contributed by atoms with E-state index in [1.165, 1.54) is 0 Å². The first kappa shape index (κ1) is 5.43. The Labute approximate surface area is 36.7 Å². The molecule has 3 nitrogen and oxygen atoms in total. The largest absolute Gasteiger partial charge is 0.303 e. The number of hydrogen-bond acceptors (Lipinski definition) is 3. The lowest BCUT2D eigenvalue weighted by Crippen LogP contribution is -1.88. The van der Waals surface area contributed by atoms with Gasteiger partial charge < -0.3 is 4.94 Å². The van der Waals surface area contributed by atoms with Crippen molar-refractivity contribution in [3.8, 4) is 0 Å². The van der Waals surface area contributed by atoms with Crippen LogP contribution < -0.4 is 5.90 Å². The summed E-state index contributed by atoms with van der Waals surface area (Å²) in [6.07, 6.45) is 2.44. The predicted octanol–water partition coefficient (Wildman–Crippen LogP) is 0.273. The van der Waals surface area contributed by atoms with E-state index in [2.05, 4.69) is 16.0 Å². The monoisotopic (exact) mass is 88.1 g/mol. The Morgan fingerprint density at radius 3 is 2.83 bits per heavy atom. The van der Waals surface area contributed by atoms with E-state index in [0.717, 1.165) is 6.42 Å². The fourth-order valence-corrected chi connectivity index (χ4v) is 0.118. The molecular formula is C3H8N2O. The van der Waals surface area contributed by atoms with Crippen molar-refractivity contribution in [2.75, 3.05) is 0 Å². The van der Waals surface area contributed by atoms with Gasteiger partial charge in [-0.15, -0.1) is 5.90 Å². The summed E-state index contributed by atoms with van der Waals surface area (Å²) in [7, 11) is 0. The van der Waals surface area contributed by atoms with Gasteiger partial charge in [-0.05, 0) is 6.42 Å². The number of oxime groups is 1. The minimum absolute atomic E-state index is 0.858. The standard InChI is InChI=1S/C3H8N2O/c1-2-3-5-6-4/h3H,2,4H2,1H3. The molecule has 3 heteroatoms. The normalized spacial score (nSPS) is 9.67. The van der Waals surface area contributed by atoms with Crippen LogP contribution in [0.4, 0.5) is 0 Å². The van der Waals surface area contributed by atoms with Gasteiger partial charge in [0.1, 0.15) is 0 Å². The van der Waals surface area contributed by atoms with Crippen molar-refractivity contribution < 1.29 is 4.94 Å². The molecular weight excluding hydrogens is 80.0 g/mol. The Bertz CT molecular complexity index is 38.1. The molecule has 0 aliphatic heterocycles. The van der Waals surface area contributed by atoms with Crippen molar-refractivity contribution in [1.82, 2.24) is 0 Å². The van der Waals surface area contributed by atoms with Gasteiger partial charge in [0, 0.05) is 6.21 Å². The Hall–Kier alpha value is -0.570. The smallest absolute Gasteiger partial charge is 0.0459 e. The zero-order valence-corrected chi connectivity index (χ0v) is 3.72. The summed E-state index contributed by atoms with van der Waals surface area (Å²) >= 11 is 0. The minimum atomic E-state index is 0.858. The lowest BCUT2D eigenvalue weighted by atomic mass is 10.6. The molecule has 0 heterocycles. The lowest BCUT2D eigenvalue weighted by molar-refractivity contribution is 0.150. The number of hydrogen-bond donors (Lipinski definition) is 1. The molecule has 0 bridgehead atoms. The first-order chi connectivity index (χ1) is 2.91. The molecule has 0 aliphatic rings. The maximum atomic E-state index is 4.52. The SMILES string of the molecule is CCC=NON. The molecule has 0 radical (unpaired) electrons. The van der Waals surface area contributed by atoms with Crippen molar-refractivity contribution in [1.29, 1.82) is 0 Å². The van der Waals surface area contributed by atoms with E-state index in [1.54, 1.807) is 6.21 Å². The second kappa shape index (κ2) is 4.43. The summed E-state index contributed by atoms with van der Waals surface area (Å²) in [5, 5.41) is 3.24. The van der Waals surface area contributed by atoms with Crippen LogP contribution in [0.3, 0.4) is 0 Å². The average molecular weight is 88.1 g/mol. The third kappa shape index (κ3) is 3.43. The lowest BCUT2D eigenvalue weighted by Gasteiger charge is -1.77. The van der Waals surface area contributed by atoms with E-state index < -0.39 is 0 Å². The van der Waals surface area contributed by atoms with Gasteiger partial charge in [0.2, 0.25) is 0 Å². The van der Waals surface area contributed by atoms with Crippen LogP contribution in [0, 0.1) is 0 Å². The van der Waals surface area contributed by atoms with Crippen LogP contribution in [0.25, 0.3) is 0 Å². The van der Waals surface area contributed by atoms with Gasteiger partial charge in [-0.25, -0.2) is 0 Å². The Morgan fingerprint density at radius 2 is 2.67 bits per heavy atom. The highest BCUT2D eigenvalue weighted by atomic mass is 16.7. The summed E-state index contributed by atoms with van der Waals surface area (Å²) in [5.74, 6) is 4.52. The Morgan fingerprint density at radius 1 is 2.00 bits per heavy atom. The van der Waals surface area contributed by atoms with Crippen LogP contribution in [0.5, 0.6) is 0 Å². The van der Waals surface area contributed by atoms with Crippen LogP contribution in [0.1, 0.15) is 13.3 Å². The third-order valence-electron chi connectivity index (χ3n) is 0.318. The zero-order chi connectivity index (χ0) is 4.83. The molecule has 0 aromatic rings. The molecule has 0 rings (SSSR count). The molecule has 0 saturated heterocycles. The summed E-state index contributed by atoms with van der Waals surface area (Å²) < 4.78 is 0. The van der Waals surface area contributed by atoms with Gasteiger partial charge >= 0.3 is 0 Å². The number of nitrogens with zero attached hydrogens (tertiary/aromatic N) is 1. The van der Waals surface area contributed by atoms with E-state index >= 15 is 0 Å². The van der Waals surface area contributed by atoms with Crippen molar-refractivity contribution in [2.24, 2.45) is 11.1 Å². The van der Waals surface area contributed by atoms with Gasteiger partial charge in [0.15, 0.2) is 0 Å². The second-order valence-corrected chi connectivity index (χ2v) is 0.802. The molecule has 0 aromatic carbocycles. The van der Waals surface area contributed by atoms with Gasteiger partial charge in [-0.1, -0.05) is 12.1 Å². The molecule has 0 fully saturated rings. The molecule has 0 saturated carbocycles. The zero-order valence-electron chi connectivity index (χ0n) is 3.72. The molecule has 36 valence electrons. The molecule has 0 aromatic heterocycles. The van der Waals surface area contributed by atoms with Crippen molar-refractivity contribution in [3.63, 3.8) is 0 Å². The van der Waals surface area contributed by atoms with Crippen molar-refractivity contribution in [3.05, 3.63) is 0 Å². The minimum Gasteiger partial charge on any atom is -0.303 e. The van der Waals surface area contributed by atoms with Gasteiger partial charge in [-0.3, -0.25) is 0 Å². The third-order valence-corrected chi connectivity index (χ3v) is 0.318. The summed E-state index contributed by atoms with van der Waals surface area (Å²) in [6.45, 7) is 1.95. The number of nitrogens with two attached hydrogens (primary N) is 1. The van der Waals surface area contributed by atoms with Crippen LogP contribution in [0.15, 0.2) is 5.16 Å². The molecule has 2 N–H and O–H groups in total. The molecule has 0 unspecified atom stereocenters. The quantitative estimate of drug-likeness (QED) is 0.389. The van der Waals surface area contributed by atoms with E-state index in [-0.39, 0.29) is 0 Å². The Kier molecular flexibility index (Phi) is 4.01. The van der Waals surface area contributed by atoms with E-state index in [9.17, 15) is 0 Å². The number of rotatable bonds is 2. The first-order valence-electron chi connectivity index (χ1n) is 1.79. The fraction of sp³-hybridized carbons (Fsp3) is 0.667. The van der Waals surface area contributed by atoms with Gasteiger partial charge in [0.05, 0.1) is 0 Å². The topological polar surface area (TPSA) is 47.6 Å². The van der Waals surface area contributed by atoms with Crippen molar-refractivity contribution >= 4 is 6.21 Å². The summed E-state index contributed by atoms with van der Waals surface area (Å²) in [5.41, 5.74) is 0. The highest BCUT2D eigenvalue weighted by Gasteiger charge is 1.59. The average Bonchev–Trinajstić information content (AvgIpc) is 1.61. The first-order valence-corrected chi connectivity index (χ1v) is 1.79. The highest BCUT2D eigenvalue weighted by Crippen LogP contribution is 1.64. The Balaban J connectivity index is 2.73. The molecule has 0 amide bonds. The highest BCUT2D eigenvalue weighted by molar-refractivity contribution is 5.55. The predicted molar refractivity (Wildman–Crippen MR) is 24.1 cm³/mol. The van der Waals surface area contributed by atoms with Crippen LogP contribution in [-0.2, 0) is 4.94 Å². The van der Waals surface area contributed by atoms with Crippen molar-refractivity contribution in [2.45, 2.75) is 13.3 Å². The summed E-state index contributed by atoms with van der Waals surface area (Å²) in [6, 6.07) is 0. The van der Waals surface area contributed by atoms with E-state index in [0.29, 0.717) is 0 Å². The fourth-order valence-electron chi connectivity index (χ4n) is 0.118. The maximum Gasteiger partial charge on any atom is 0.0459 e. The summed E-state index contributed by atoms with van der Waals surface area (Å²) in [4.78, 5) is 3.85. The van der Waals surface area contributed by atoms with Gasteiger partial charge in [-0.2, -0.15) is 0 Å². The molecule has 6 heavy (non-hydrogen) atoms. The van der Waals surface area contributed by atoms with Crippen LogP contribution >= 0.6 is 0 Å². The van der Waals surface area contributed by atoms with E-state index in [1.807, 2.05) is 6.92 Å². The molecule has 0 atom stereocenters. The molecule has 0 aliphatic carbocycles. The van der Waals surface area contributed by atoms with E-state index in [4.69, 9.17) is 0 Å². The van der Waals surface area contributed by atoms with Crippen LogP contribution in [0.2, 0.25) is 0 Å². The molecule has 0 spiro atoms. The van der Waals surface area contributed by atoms with Crippen LogP contribution in [-0.4, -0.2) is 6.21 Å². The van der Waals surface area contributed by atoms with Gasteiger partial charge in [0.25, 0.3) is 0 Å². The maximum absolute atomic E-state index is 4.52. The second-order valence-electron chi connectivity index (χ2n) is 0.802.